The predicted octanol–water partition coefficient (Wildman–Crippen LogP) is 1.85. The Morgan fingerprint density at radius 1 is 1.62 bits per heavy atom. The molecular formula is C12H19N3O. The molecule has 16 heavy (non-hydrogen) atoms. The van der Waals surface area contributed by atoms with Crippen molar-refractivity contribution in [3.63, 3.8) is 0 Å². The summed E-state index contributed by atoms with van der Waals surface area (Å²) >= 11 is 0. The molecule has 0 aliphatic carbocycles. The fourth-order valence-electron chi connectivity index (χ4n) is 1.38. The van der Waals surface area contributed by atoms with Gasteiger partial charge in [-0.3, -0.25) is 9.78 Å². The number of carbonyl (C=O) groups excluding carboxylic acids is 1. The summed E-state index contributed by atoms with van der Waals surface area (Å²) in [6, 6.07) is 1.42. The second-order valence-electron chi connectivity index (χ2n) is 3.93. The molecule has 1 rings (SSSR count). The van der Waals surface area contributed by atoms with E-state index < -0.39 is 6.04 Å². The summed E-state index contributed by atoms with van der Waals surface area (Å²) in [6.07, 6.45) is 6.08. The number of carbonyl (C=O) groups is 1. The van der Waals surface area contributed by atoms with E-state index in [0.717, 1.165) is 30.5 Å². The van der Waals surface area contributed by atoms with Gasteiger partial charge in [-0.1, -0.05) is 19.8 Å². The van der Waals surface area contributed by atoms with Gasteiger partial charge in [0.1, 0.15) is 0 Å². The number of rotatable bonds is 5. The zero-order valence-corrected chi connectivity index (χ0v) is 9.86. The van der Waals surface area contributed by atoms with E-state index in [1.807, 2.05) is 13.0 Å². The topological polar surface area (TPSA) is 68.0 Å². The van der Waals surface area contributed by atoms with Crippen LogP contribution in [0, 0.1) is 6.92 Å². The molecule has 4 heteroatoms. The predicted molar refractivity (Wildman–Crippen MR) is 65.1 cm³/mol. The highest BCUT2D eigenvalue weighted by Crippen LogP contribution is 2.12. The van der Waals surface area contributed by atoms with Crippen LogP contribution in [-0.4, -0.2) is 16.9 Å². The number of unbranched alkanes of at least 4 members (excludes halogenated alkanes) is 1. The lowest BCUT2D eigenvalue weighted by Crippen LogP contribution is -2.35. The number of amides is 1. The van der Waals surface area contributed by atoms with Crippen LogP contribution in [0.1, 0.15) is 31.7 Å². The van der Waals surface area contributed by atoms with Crippen molar-refractivity contribution < 1.29 is 4.79 Å². The standard InChI is InChI=1S/C12H19N3O/c1-3-4-5-10(13)12(16)15-11-8-14-7-6-9(11)2/h6-8,10H,3-5,13H2,1-2H3,(H,15,16)/t10-/m0/s1. The molecule has 0 aromatic carbocycles. The number of nitrogens with one attached hydrogen (secondary N) is 1. The Morgan fingerprint density at radius 2 is 2.38 bits per heavy atom. The lowest BCUT2D eigenvalue weighted by molar-refractivity contribution is -0.117. The van der Waals surface area contributed by atoms with Gasteiger partial charge in [-0.05, 0) is 25.0 Å². The number of aryl methyl sites for hydroxylation is 1. The lowest BCUT2D eigenvalue weighted by atomic mass is 10.1. The third kappa shape index (κ3) is 3.62. The molecule has 88 valence electrons. The van der Waals surface area contributed by atoms with Crippen LogP contribution in [0.3, 0.4) is 0 Å². The summed E-state index contributed by atoms with van der Waals surface area (Å²) in [5, 5.41) is 2.79. The number of nitrogens with two attached hydrogens (primary N) is 1. The fraction of sp³-hybridized carbons (Fsp3) is 0.500. The number of hydrogen-bond donors (Lipinski definition) is 2. The van der Waals surface area contributed by atoms with Crippen molar-refractivity contribution in [1.29, 1.82) is 0 Å². The van der Waals surface area contributed by atoms with Crippen molar-refractivity contribution in [2.24, 2.45) is 5.73 Å². The van der Waals surface area contributed by atoms with Crippen LogP contribution in [0.4, 0.5) is 5.69 Å². The van der Waals surface area contributed by atoms with Gasteiger partial charge in [0.25, 0.3) is 0 Å². The summed E-state index contributed by atoms with van der Waals surface area (Å²) in [4.78, 5) is 15.7. The van der Waals surface area contributed by atoms with E-state index in [9.17, 15) is 4.79 Å². The zero-order chi connectivity index (χ0) is 12.0. The highest BCUT2D eigenvalue weighted by atomic mass is 16.2. The average molecular weight is 221 g/mol. The molecule has 0 saturated carbocycles. The van der Waals surface area contributed by atoms with Crippen molar-refractivity contribution in [2.75, 3.05) is 5.32 Å². The Kier molecular flexibility index (Phi) is 4.92. The molecule has 0 bridgehead atoms. The van der Waals surface area contributed by atoms with Crippen LogP contribution in [-0.2, 0) is 4.79 Å². The minimum Gasteiger partial charge on any atom is -0.323 e. The first kappa shape index (κ1) is 12.6. The molecule has 3 N–H and O–H groups in total. The van der Waals surface area contributed by atoms with Gasteiger partial charge in [-0.2, -0.15) is 0 Å². The Hall–Kier alpha value is -1.42. The molecule has 0 aliphatic rings. The Bertz CT molecular complexity index is 352. The van der Waals surface area contributed by atoms with Gasteiger partial charge in [0, 0.05) is 6.20 Å². The molecule has 4 nitrogen and oxygen atoms in total. The first-order valence-corrected chi connectivity index (χ1v) is 5.62. The normalized spacial score (nSPS) is 12.2. The van der Waals surface area contributed by atoms with E-state index in [0.29, 0.717) is 0 Å². The van der Waals surface area contributed by atoms with Crippen molar-refractivity contribution in [3.8, 4) is 0 Å². The van der Waals surface area contributed by atoms with Crippen LogP contribution in [0.15, 0.2) is 18.5 Å². The number of hydrogen-bond acceptors (Lipinski definition) is 3. The van der Waals surface area contributed by atoms with E-state index in [1.54, 1.807) is 12.4 Å². The van der Waals surface area contributed by atoms with E-state index in [-0.39, 0.29) is 5.91 Å². The van der Waals surface area contributed by atoms with E-state index in [1.165, 1.54) is 0 Å². The van der Waals surface area contributed by atoms with Crippen LogP contribution in [0.25, 0.3) is 0 Å². The Morgan fingerprint density at radius 3 is 3.00 bits per heavy atom. The van der Waals surface area contributed by atoms with E-state index in [2.05, 4.69) is 17.2 Å². The average Bonchev–Trinajstić information content (AvgIpc) is 2.28. The summed E-state index contributed by atoms with van der Waals surface area (Å²) in [7, 11) is 0. The van der Waals surface area contributed by atoms with Crippen molar-refractivity contribution in [1.82, 2.24) is 4.98 Å². The first-order chi connectivity index (χ1) is 7.65. The quantitative estimate of drug-likeness (QED) is 0.797. The summed E-state index contributed by atoms with van der Waals surface area (Å²) in [5.41, 5.74) is 7.50. The molecule has 0 radical (unpaired) electrons. The molecule has 1 atom stereocenters. The maximum atomic E-state index is 11.7. The Balaban J connectivity index is 2.54. The number of nitrogens with zero attached hydrogens (tertiary/aromatic N) is 1. The second-order valence-corrected chi connectivity index (χ2v) is 3.93. The molecule has 1 amide bonds. The number of anilines is 1. The van der Waals surface area contributed by atoms with Gasteiger partial charge in [0.2, 0.25) is 5.91 Å². The van der Waals surface area contributed by atoms with Crippen molar-refractivity contribution in [2.45, 2.75) is 39.2 Å². The monoisotopic (exact) mass is 221 g/mol. The van der Waals surface area contributed by atoms with Gasteiger partial charge in [-0.25, -0.2) is 0 Å². The molecular weight excluding hydrogens is 202 g/mol. The third-order valence-corrected chi connectivity index (χ3v) is 2.50. The molecule has 0 saturated heterocycles. The zero-order valence-electron chi connectivity index (χ0n) is 9.86. The largest absolute Gasteiger partial charge is 0.323 e. The minimum absolute atomic E-state index is 0.135. The van der Waals surface area contributed by atoms with Crippen molar-refractivity contribution >= 4 is 11.6 Å². The number of pyridine rings is 1. The van der Waals surface area contributed by atoms with Gasteiger partial charge >= 0.3 is 0 Å². The highest BCUT2D eigenvalue weighted by molar-refractivity contribution is 5.95. The first-order valence-electron chi connectivity index (χ1n) is 5.62. The minimum atomic E-state index is -0.431. The molecule has 0 unspecified atom stereocenters. The molecule has 1 heterocycles. The summed E-state index contributed by atoms with van der Waals surface area (Å²) in [6.45, 7) is 4.00. The van der Waals surface area contributed by atoms with Crippen LogP contribution >= 0.6 is 0 Å². The van der Waals surface area contributed by atoms with Crippen LogP contribution in [0.5, 0.6) is 0 Å². The van der Waals surface area contributed by atoms with Crippen molar-refractivity contribution in [3.05, 3.63) is 24.0 Å². The van der Waals surface area contributed by atoms with E-state index in [4.69, 9.17) is 5.73 Å². The molecule has 0 fully saturated rings. The SMILES string of the molecule is CCCC[C@H](N)C(=O)Nc1cnccc1C. The van der Waals surface area contributed by atoms with E-state index >= 15 is 0 Å². The molecule has 1 aromatic heterocycles. The van der Waals surface area contributed by atoms with Gasteiger partial charge < -0.3 is 11.1 Å². The van der Waals surface area contributed by atoms with Crippen LogP contribution in [0.2, 0.25) is 0 Å². The molecule has 0 spiro atoms. The van der Waals surface area contributed by atoms with Crippen LogP contribution < -0.4 is 11.1 Å². The lowest BCUT2D eigenvalue weighted by Gasteiger charge is -2.12. The summed E-state index contributed by atoms with van der Waals surface area (Å²) < 4.78 is 0. The van der Waals surface area contributed by atoms with Gasteiger partial charge in [-0.15, -0.1) is 0 Å². The maximum absolute atomic E-state index is 11.7. The van der Waals surface area contributed by atoms with Gasteiger partial charge in [0.05, 0.1) is 17.9 Å². The maximum Gasteiger partial charge on any atom is 0.241 e. The molecule has 1 aromatic rings. The summed E-state index contributed by atoms with van der Waals surface area (Å²) in [5.74, 6) is -0.135. The highest BCUT2D eigenvalue weighted by Gasteiger charge is 2.13. The number of aromatic nitrogens is 1. The Labute approximate surface area is 96.3 Å². The fourth-order valence-corrected chi connectivity index (χ4v) is 1.38. The smallest absolute Gasteiger partial charge is 0.241 e. The third-order valence-electron chi connectivity index (χ3n) is 2.50. The molecule has 0 aliphatic heterocycles. The van der Waals surface area contributed by atoms with Gasteiger partial charge in [0.15, 0.2) is 0 Å². The second kappa shape index (κ2) is 6.23.